The maximum absolute atomic E-state index is 10.5. The van der Waals surface area contributed by atoms with Gasteiger partial charge in [0.1, 0.15) is 5.75 Å². The highest BCUT2D eigenvalue weighted by molar-refractivity contribution is 5.66. The predicted molar refractivity (Wildman–Crippen MR) is 63.0 cm³/mol. The highest BCUT2D eigenvalue weighted by atomic mass is 16.5. The molecular weight excluding hydrogens is 204 g/mol. The predicted octanol–water partition coefficient (Wildman–Crippen LogP) is 2.97. The largest absolute Gasteiger partial charge is 0.496 e. The van der Waals surface area contributed by atoms with Crippen LogP contribution < -0.4 is 4.74 Å². The van der Waals surface area contributed by atoms with Gasteiger partial charge in [0, 0.05) is 6.42 Å². The fourth-order valence-electron chi connectivity index (χ4n) is 1.65. The van der Waals surface area contributed by atoms with Gasteiger partial charge in [0.15, 0.2) is 0 Å². The summed E-state index contributed by atoms with van der Waals surface area (Å²) in [5, 5.41) is 8.63. The molecule has 0 radical (unpaired) electrons. The molecule has 0 aliphatic heterocycles. The zero-order valence-electron chi connectivity index (χ0n) is 9.99. The quantitative estimate of drug-likeness (QED) is 0.833. The van der Waals surface area contributed by atoms with Crippen LogP contribution in [0, 0.1) is 6.92 Å². The van der Waals surface area contributed by atoms with Crippen LogP contribution >= 0.6 is 0 Å². The molecular formula is C13H18O3. The van der Waals surface area contributed by atoms with Crippen LogP contribution in [-0.4, -0.2) is 18.2 Å². The van der Waals surface area contributed by atoms with Crippen molar-refractivity contribution in [3.05, 3.63) is 29.3 Å². The Morgan fingerprint density at radius 3 is 2.75 bits per heavy atom. The van der Waals surface area contributed by atoms with Crippen molar-refractivity contribution in [1.29, 1.82) is 0 Å². The van der Waals surface area contributed by atoms with E-state index in [2.05, 4.69) is 0 Å². The Kier molecular flexibility index (Phi) is 4.35. The van der Waals surface area contributed by atoms with Crippen LogP contribution in [0.3, 0.4) is 0 Å². The van der Waals surface area contributed by atoms with Crippen LogP contribution in [0.15, 0.2) is 18.2 Å². The molecule has 1 atom stereocenters. The second-order valence-corrected chi connectivity index (χ2v) is 4.06. The Labute approximate surface area is 96.1 Å². The van der Waals surface area contributed by atoms with E-state index in [0.717, 1.165) is 16.9 Å². The molecule has 1 rings (SSSR count). The standard InChI is InChI=1S/C13H18O3/c1-9(5-7-13(14)15)11-6-4-10(2)12(8-11)16-3/h4,6,8-9H,5,7H2,1-3H3,(H,14,15)/t9-/m1/s1. The summed E-state index contributed by atoms with van der Waals surface area (Å²) in [6.07, 6.45) is 0.860. The van der Waals surface area contributed by atoms with E-state index < -0.39 is 5.97 Å². The van der Waals surface area contributed by atoms with Crippen LogP contribution in [0.25, 0.3) is 0 Å². The van der Waals surface area contributed by atoms with Gasteiger partial charge in [-0.3, -0.25) is 4.79 Å². The lowest BCUT2D eigenvalue weighted by atomic mass is 9.95. The van der Waals surface area contributed by atoms with E-state index in [4.69, 9.17) is 9.84 Å². The first-order valence-electron chi connectivity index (χ1n) is 5.41. The Hall–Kier alpha value is -1.51. The van der Waals surface area contributed by atoms with Crippen molar-refractivity contribution in [3.8, 4) is 5.75 Å². The Bertz CT molecular complexity index is 371. The van der Waals surface area contributed by atoms with Crippen LogP contribution in [0.4, 0.5) is 0 Å². The van der Waals surface area contributed by atoms with E-state index in [9.17, 15) is 4.79 Å². The molecule has 0 bridgehead atoms. The molecule has 88 valence electrons. The highest BCUT2D eigenvalue weighted by Crippen LogP contribution is 2.26. The first kappa shape index (κ1) is 12.6. The van der Waals surface area contributed by atoms with Crippen molar-refractivity contribution in [2.24, 2.45) is 0 Å². The topological polar surface area (TPSA) is 46.5 Å². The minimum Gasteiger partial charge on any atom is -0.496 e. The fraction of sp³-hybridized carbons (Fsp3) is 0.462. The third kappa shape index (κ3) is 3.26. The van der Waals surface area contributed by atoms with Crippen molar-refractivity contribution in [2.75, 3.05) is 7.11 Å². The molecule has 0 spiro atoms. The normalized spacial score (nSPS) is 12.2. The maximum Gasteiger partial charge on any atom is 0.303 e. The first-order valence-corrected chi connectivity index (χ1v) is 5.41. The van der Waals surface area contributed by atoms with Gasteiger partial charge in [-0.15, -0.1) is 0 Å². The zero-order chi connectivity index (χ0) is 12.1. The number of benzene rings is 1. The second kappa shape index (κ2) is 5.54. The third-order valence-electron chi connectivity index (χ3n) is 2.79. The molecule has 3 heteroatoms. The van der Waals surface area contributed by atoms with E-state index in [-0.39, 0.29) is 12.3 Å². The lowest BCUT2D eigenvalue weighted by molar-refractivity contribution is -0.137. The van der Waals surface area contributed by atoms with Gasteiger partial charge in [-0.25, -0.2) is 0 Å². The Morgan fingerprint density at radius 2 is 2.19 bits per heavy atom. The number of hydrogen-bond acceptors (Lipinski definition) is 2. The number of aliphatic carboxylic acids is 1. The average Bonchev–Trinajstić information content (AvgIpc) is 2.26. The lowest BCUT2D eigenvalue weighted by Gasteiger charge is -2.13. The summed E-state index contributed by atoms with van der Waals surface area (Å²) in [7, 11) is 1.65. The van der Waals surface area contributed by atoms with Crippen molar-refractivity contribution in [3.63, 3.8) is 0 Å². The van der Waals surface area contributed by atoms with Gasteiger partial charge in [0.05, 0.1) is 7.11 Å². The minimum absolute atomic E-state index is 0.206. The van der Waals surface area contributed by atoms with Gasteiger partial charge < -0.3 is 9.84 Å². The van der Waals surface area contributed by atoms with Crippen molar-refractivity contribution >= 4 is 5.97 Å². The van der Waals surface area contributed by atoms with Gasteiger partial charge in [-0.1, -0.05) is 19.1 Å². The molecule has 0 fully saturated rings. The SMILES string of the molecule is COc1cc([C@H](C)CCC(=O)O)ccc1C. The van der Waals surface area contributed by atoms with E-state index in [1.54, 1.807) is 7.11 Å². The summed E-state index contributed by atoms with van der Waals surface area (Å²) in [4.78, 5) is 10.5. The van der Waals surface area contributed by atoms with Gasteiger partial charge in [-0.2, -0.15) is 0 Å². The number of methoxy groups -OCH3 is 1. The summed E-state index contributed by atoms with van der Waals surface area (Å²) in [5.41, 5.74) is 2.22. The molecule has 0 amide bonds. The van der Waals surface area contributed by atoms with E-state index >= 15 is 0 Å². The number of carbonyl (C=O) groups is 1. The molecule has 0 saturated carbocycles. The second-order valence-electron chi connectivity index (χ2n) is 4.06. The monoisotopic (exact) mass is 222 g/mol. The number of hydrogen-bond donors (Lipinski definition) is 1. The summed E-state index contributed by atoms with van der Waals surface area (Å²) in [6.45, 7) is 4.03. The van der Waals surface area contributed by atoms with Crippen molar-refractivity contribution in [1.82, 2.24) is 0 Å². The molecule has 0 heterocycles. The number of carboxylic acid groups (broad SMARTS) is 1. The molecule has 1 aromatic rings. The highest BCUT2D eigenvalue weighted by Gasteiger charge is 2.09. The van der Waals surface area contributed by atoms with Gasteiger partial charge in [0.25, 0.3) is 0 Å². The summed E-state index contributed by atoms with van der Waals surface area (Å²) in [6, 6.07) is 6.03. The van der Waals surface area contributed by atoms with Crippen molar-refractivity contribution < 1.29 is 14.6 Å². The molecule has 0 aromatic heterocycles. The van der Waals surface area contributed by atoms with Crippen LogP contribution in [-0.2, 0) is 4.79 Å². The van der Waals surface area contributed by atoms with Crippen LogP contribution in [0.5, 0.6) is 5.75 Å². The molecule has 0 unspecified atom stereocenters. The van der Waals surface area contributed by atoms with Crippen LogP contribution in [0.1, 0.15) is 36.8 Å². The molecule has 3 nitrogen and oxygen atoms in total. The van der Waals surface area contributed by atoms with E-state index in [1.807, 2.05) is 32.0 Å². The summed E-state index contributed by atoms with van der Waals surface area (Å²) in [5.74, 6) is 0.358. The first-order chi connectivity index (χ1) is 7.54. The van der Waals surface area contributed by atoms with Gasteiger partial charge in [0.2, 0.25) is 0 Å². The number of carboxylic acids is 1. The van der Waals surface area contributed by atoms with Crippen LogP contribution in [0.2, 0.25) is 0 Å². The molecule has 0 saturated heterocycles. The number of rotatable bonds is 5. The van der Waals surface area contributed by atoms with Crippen molar-refractivity contribution in [2.45, 2.75) is 32.6 Å². The minimum atomic E-state index is -0.745. The third-order valence-corrected chi connectivity index (χ3v) is 2.79. The van der Waals surface area contributed by atoms with E-state index in [1.165, 1.54) is 0 Å². The molecule has 0 aliphatic rings. The average molecular weight is 222 g/mol. The molecule has 1 aromatic carbocycles. The van der Waals surface area contributed by atoms with Gasteiger partial charge >= 0.3 is 5.97 Å². The Balaban J connectivity index is 2.75. The molecule has 16 heavy (non-hydrogen) atoms. The van der Waals surface area contributed by atoms with E-state index in [0.29, 0.717) is 6.42 Å². The smallest absolute Gasteiger partial charge is 0.303 e. The number of ether oxygens (including phenoxy) is 1. The number of aryl methyl sites for hydroxylation is 1. The summed E-state index contributed by atoms with van der Waals surface area (Å²) >= 11 is 0. The zero-order valence-corrected chi connectivity index (χ0v) is 9.99. The Morgan fingerprint density at radius 1 is 1.50 bits per heavy atom. The fourth-order valence-corrected chi connectivity index (χ4v) is 1.65. The molecule has 0 aliphatic carbocycles. The maximum atomic E-state index is 10.5. The lowest BCUT2D eigenvalue weighted by Crippen LogP contribution is -2.00. The van der Waals surface area contributed by atoms with Gasteiger partial charge in [-0.05, 0) is 36.5 Å². The molecule has 1 N–H and O–H groups in total. The summed E-state index contributed by atoms with van der Waals surface area (Å²) < 4.78 is 5.25.